The van der Waals surface area contributed by atoms with Gasteiger partial charge in [0, 0.05) is 0 Å². The van der Waals surface area contributed by atoms with Crippen molar-refractivity contribution in [2.24, 2.45) is 0 Å². The lowest BCUT2D eigenvalue weighted by Gasteiger charge is -2.15. The highest BCUT2D eigenvalue weighted by atomic mass is 32.2. The summed E-state index contributed by atoms with van der Waals surface area (Å²) < 4.78 is 6.00. The molecular weight excluding hydrogens is 350 g/mol. The quantitative estimate of drug-likeness (QED) is 0.553. The molecule has 1 aliphatic heterocycles. The molecule has 1 heterocycles. The molecule has 0 radical (unpaired) electrons. The average Bonchev–Trinajstić information content (AvgIpc) is 2.86. The Morgan fingerprint density at radius 3 is 2.48 bits per heavy atom. The van der Waals surface area contributed by atoms with Crippen molar-refractivity contribution in [3.63, 3.8) is 0 Å². The van der Waals surface area contributed by atoms with E-state index in [0.29, 0.717) is 15.8 Å². The van der Waals surface area contributed by atoms with Gasteiger partial charge in [-0.25, -0.2) is 0 Å². The van der Waals surface area contributed by atoms with Crippen molar-refractivity contribution < 1.29 is 9.53 Å². The first-order chi connectivity index (χ1) is 12.0. The molecule has 2 aromatic rings. The minimum absolute atomic E-state index is 0.0767. The van der Waals surface area contributed by atoms with Gasteiger partial charge in [0.2, 0.25) is 0 Å². The highest BCUT2D eigenvalue weighted by Gasteiger charge is 2.33. The van der Waals surface area contributed by atoms with Gasteiger partial charge in [0.05, 0.1) is 17.2 Å². The second-order valence-electron chi connectivity index (χ2n) is 5.79. The van der Waals surface area contributed by atoms with E-state index in [2.05, 4.69) is 6.92 Å². The van der Waals surface area contributed by atoms with Gasteiger partial charge < -0.3 is 4.74 Å². The molecule has 5 heteroatoms. The van der Waals surface area contributed by atoms with Gasteiger partial charge in [-0.1, -0.05) is 42.2 Å². The predicted octanol–water partition coefficient (Wildman–Crippen LogP) is 5.11. The van der Waals surface area contributed by atoms with E-state index in [1.54, 1.807) is 4.90 Å². The summed E-state index contributed by atoms with van der Waals surface area (Å²) in [4.78, 5) is 15.0. The van der Waals surface area contributed by atoms with E-state index in [-0.39, 0.29) is 5.91 Å². The minimum Gasteiger partial charge on any atom is -0.494 e. The number of rotatable bonds is 4. The number of hydrogen-bond acceptors (Lipinski definition) is 4. The van der Waals surface area contributed by atoms with Gasteiger partial charge in [-0.3, -0.25) is 9.69 Å². The Morgan fingerprint density at radius 1 is 1.12 bits per heavy atom. The second kappa shape index (κ2) is 7.42. The number of aryl methyl sites for hydroxylation is 2. The van der Waals surface area contributed by atoms with Gasteiger partial charge in [-0.2, -0.15) is 0 Å². The summed E-state index contributed by atoms with van der Waals surface area (Å²) in [6.45, 7) is 6.67. The number of thiocarbonyl (C=S) groups is 1. The molecule has 1 aliphatic rings. The lowest BCUT2D eigenvalue weighted by atomic mass is 10.1. The van der Waals surface area contributed by atoms with Crippen molar-refractivity contribution >= 4 is 46.0 Å². The number of carbonyl (C=O) groups excluding carboxylic acids is 1. The summed E-state index contributed by atoms with van der Waals surface area (Å²) in [5.74, 6) is 0.745. The number of carbonyl (C=O) groups is 1. The van der Waals surface area contributed by atoms with Crippen molar-refractivity contribution in [1.29, 1.82) is 0 Å². The predicted molar refractivity (Wildman–Crippen MR) is 109 cm³/mol. The van der Waals surface area contributed by atoms with Crippen molar-refractivity contribution in [2.75, 3.05) is 11.5 Å². The molecule has 0 aromatic heterocycles. The fraction of sp³-hybridized carbons (Fsp3) is 0.200. The van der Waals surface area contributed by atoms with E-state index in [9.17, 15) is 4.79 Å². The zero-order valence-electron chi connectivity index (χ0n) is 14.4. The molecule has 0 bridgehead atoms. The van der Waals surface area contributed by atoms with Crippen LogP contribution in [0.1, 0.15) is 23.6 Å². The molecule has 1 amide bonds. The van der Waals surface area contributed by atoms with E-state index < -0.39 is 0 Å². The molecule has 25 heavy (non-hydrogen) atoms. The van der Waals surface area contributed by atoms with Crippen molar-refractivity contribution in [1.82, 2.24) is 0 Å². The molecule has 0 unspecified atom stereocenters. The van der Waals surface area contributed by atoms with E-state index in [4.69, 9.17) is 17.0 Å². The summed E-state index contributed by atoms with van der Waals surface area (Å²) in [5.41, 5.74) is 4.10. The summed E-state index contributed by atoms with van der Waals surface area (Å²) in [5, 5.41) is 0. The number of thioether (sulfide) groups is 1. The number of anilines is 1. The standard InChI is InChI=1S/C20H19NO2S2/c1-4-23-17-9-6-15(7-10-17)12-18-19(22)21(20(24)25-18)16-8-5-13(2)14(3)11-16/h5-12H,4H2,1-3H3/b18-12+. The van der Waals surface area contributed by atoms with Gasteiger partial charge in [-0.05, 0) is 67.8 Å². The van der Waals surface area contributed by atoms with Crippen LogP contribution in [0.15, 0.2) is 47.4 Å². The fourth-order valence-electron chi connectivity index (χ4n) is 2.53. The van der Waals surface area contributed by atoms with E-state index in [1.807, 2.05) is 62.4 Å². The van der Waals surface area contributed by atoms with Crippen LogP contribution in [-0.4, -0.2) is 16.8 Å². The molecule has 0 N–H and O–H groups in total. The van der Waals surface area contributed by atoms with Crippen LogP contribution in [0.2, 0.25) is 0 Å². The second-order valence-corrected chi connectivity index (χ2v) is 7.46. The average molecular weight is 370 g/mol. The number of nitrogens with zero attached hydrogens (tertiary/aromatic N) is 1. The molecule has 2 aromatic carbocycles. The Hall–Kier alpha value is -2.11. The highest BCUT2D eigenvalue weighted by Crippen LogP contribution is 2.36. The van der Waals surface area contributed by atoms with Crippen LogP contribution >= 0.6 is 24.0 Å². The first-order valence-corrected chi connectivity index (χ1v) is 9.30. The molecule has 128 valence electrons. The fourth-order valence-corrected chi connectivity index (χ4v) is 3.83. The molecule has 0 aliphatic carbocycles. The summed E-state index contributed by atoms with van der Waals surface area (Å²) in [7, 11) is 0. The first-order valence-electron chi connectivity index (χ1n) is 8.07. The maximum atomic E-state index is 12.8. The third kappa shape index (κ3) is 3.78. The van der Waals surface area contributed by atoms with Crippen LogP contribution in [-0.2, 0) is 4.79 Å². The maximum Gasteiger partial charge on any atom is 0.270 e. The number of benzene rings is 2. The maximum absolute atomic E-state index is 12.8. The molecule has 3 nitrogen and oxygen atoms in total. The molecule has 0 atom stereocenters. The smallest absolute Gasteiger partial charge is 0.270 e. The van der Waals surface area contributed by atoms with E-state index in [1.165, 1.54) is 17.3 Å². The Morgan fingerprint density at radius 2 is 1.84 bits per heavy atom. The van der Waals surface area contributed by atoms with Crippen molar-refractivity contribution in [3.05, 3.63) is 64.1 Å². The Labute approximate surface area is 157 Å². The first kappa shape index (κ1) is 17.7. The zero-order chi connectivity index (χ0) is 18.0. The Bertz CT molecular complexity index is 856. The molecule has 0 saturated carbocycles. The minimum atomic E-state index is -0.0767. The Balaban J connectivity index is 1.86. The number of ether oxygens (including phenoxy) is 1. The number of hydrogen-bond donors (Lipinski definition) is 0. The normalized spacial score (nSPS) is 16.0. The molecule has 0 spiro atoms. The van der Waals surface area contributed by atoms with Gasteiger partial charge >= 0.3 is 0 Å². The van der Waals surface area contributed by atoms with Gasteiger partial charge in [-0.15, -0.1) is 0 Å². The molecule has 3 rings (SSSR count). The summed E-state index contributed by atoms with van der Waals surface area (Å²) in [6, 6.07) is 13.6. The molecule has 1 fully saturated rings. The van der Waals surface area contributed by atoms with Gasteiger partial charge in [0.15, 0.2) is 4.32 Å². The van der Waals surface area contributed by atoms with Crippen LogP contribution in [0.25, 0.3) is 6.08 Å². The van der Waals surface area contributed by atoms with Crippen molar-refractivity contribution in [2.45, 2.75) is 20.8 Å². The largest absolute Gasteiger partial charge is 0.494 e. The van der Waals surface area contributed by atoms with Crippen LogP contribution < -0.4 is 9.64 Å². The highest BCUT2D eigenvalue weighted by molar-refractivity contribution is 8.27. The van der Waals surface area contributed by atoms with E-state index in [0.717, 1.165) is 22.6 Å². The van der Waals surface area contributed by atoms with Crippen LogP contribution in [0, 0.1) is 13.8 Å². The van der Waals surface area contributed by atoms with E-state index >= 15 is 0 Å². The van der Waals surface area contributed by atoms with Crippen LogP contribution in [0.3, 0.4) is 0 Å². The van der Waals surface area contributed by atoms with Crippen molar-refractivity contribution in [3.8, 4) is 5.75 Å². The lowest BCUT2D eigenvalue weighted by Crippen LogP contribution is -2.27. The molecular formula is C20H19NO2S2. The topological polar surface area (TPSA) is 29.5 Å². The SMILES string of the molecule is CCOc1ccc(/C=C2/SC(=S)N(c3ccc(C)c(C)c3)C2=O)cc1. The third-order valence-electron chi connectivity index (χ3n) is 4.03. The summed E-state index contributed by atoms with van der Waals surface area (Å²) in [6.07, 6.45) is 1.87. The zero-order valence-corrected chi connectivity index (χ0v) is 16.0. The van der Waals surface area contributed by atoms with Crippen LogP contribution in [0.5, 0.6) is 5.75 Å². The monoisotopic (exact) mass is 369 g/mol. The Kier molecular flexibility index (Phi) is 5.25. The third-order valence-corrected chi connectivity index (χ3v) is 5.33. The van der Waals surface area contributed by atoms with Crippen LogP contribution in [0.4, 0.5) is 5.69 Å². The summed E-state index contributed by atoms with van der Waals surface area (Å²) >= 11 is 6.77. The number of amides is 1. The lowest BCUT2D eigenvalue weighted by molar-refractivity contribution is -0.113. The molecule has 1 saturated heterocycles. The van der Waals surface area contributed by atoms with Gasteiger partial charge in [0.1, 0.15) is 5.75 Å². The van der Waals surface area contributed by atoms with Gasteiger partial charge in [0.25, 0.3) is 5.91 Å².